The van der Waals surface area contributed by atoms with Gasteiger partial charge in [-0.1, -0.05) is 0 Å². The second-order valence-corrected chi connectivity index (χ2v) is 5.46. The highest BCUT2D eigenvalue weighted by molar-refractivity contribution is 7.99. The van der Waals surface area contributed by atoms with E-state index >= 15 is 0 Å². The molecule has 0 N–H and O–H groups in total. The van der Waals surface area contributed by atoms with E-state index in [4.69, 9.17) is 14.2 Å². The van der Waals surface area contributed by atoms with Crippen molar-refractivity contribution in [2.75, 3.05) is 45.9 Å². The Labute approximate surface area is 102 Å². The molecule has 0 bridgehead atoms. The molecule has 0 saturated carbocycles. The van der Waals surface area contributed by atoms with Gasteiger partial charge in [0, 0.05) is 52.0 Å². The highest BCUT2D eigenvalue weighted by Gasteiger charge is 2.45. The Morgan fingerprint density at radius 2 is 1.81 bits per heavy atom. The lowest BCUT2D eigenvalue weighted by Crippen LogP contribution is -2.65. The van der Waals surface area contributed by atoms with E-state index in [0.717, 1.165) is 18.8 Å². The molecule has 0 spiro atoms. The quantitative estimate of drug-likeness (QED) is 0.723. The minimum Gasteiger partial charge on any atom is -0.377 e. The zero-order valence-electron chi connectivity index (χ0n) is 10.2. The summed E-state index contributed by atoms with van der Waals surface area (Å²) in [5.74, 6) is 2.34. The Morgan fingerprint density at radius 1 is 1.06 bits per heavy atom. The van der Waals surface area contributed by atoms with Gasteiger partial charge < -0.3 is 14.2 Å². The second kappa shape index (κ2) is 5.69. The van der Waals surface area contributed by atoms with Gasteiger partial charge in [0.15, 0.2) is 0 Å². The van der Waals surface area contributed by atoms with Crippen LogP contribution in [0.25, 0.3) is 0 Å². The summed E-state index contributed by atoms with van der Waals surface area (Å²) >= 11 is 2.00. The highest BCUT2D eigenvalue weighted by atomic mass is 32.2. The van der Waals surface area contributed by atoms with Gasteiger partial charge in [0.25, 0.3) is 0 Å². The topological polar surface area (TPSA) is 30.9 Å². The fraction of sp³-hybridized carbons (Fsp3) is 1.00. The van der Waals surface area contributed by atoms with Crippen LogP contribution in [-0.2, 0) is 14.2 Å². The van der Waals surface area contributed by atoms with Crippen LogP contribution in [0.1, 0.15) is 0 Å². The normalized spacial score (nSPS) is 40.7. The molecular weight excluding hydrogens is 226 g/mol. The molecule has 94 valence electrons. The van der Waals surface area contributed by atoms with E-state index in [1.165, 1.54) is 5.75 Å². The van der Waals surface area contributed by atoms with E-state index < -0.39 is 0 Å². The van der Waals surface area contributed by atoms with E-state index in [1.807, 2.05) is 11.8 Å². The first-order chi connectivity index (χ1) is 7.81. The summed E-state index contributed by atoms with van der Waals surface area (Å²) in [5, 5.41) is 0. The van der Waals surface area contributed by atoms with Gasteiger partial charge in [0.2, 0.25) is 0 Å². The van der Waals surface area contributed by atoms with E-state index in [2.05, 4.69) is 4.90 Å². The number of fused-ring (bicyclic) bond motifs is 1. The first-order valence-electron chi connectivity index (χ1n) is 5.72. The van der Waals surface area contributed by atoms with Gasteiger partial charge in [-0.25, -0.2) is 0 Å². The van der Waals surface area contributed by atoms with Crippen molar-refractivity contribution in [1.82, 2.24) is 4.90 Å². The number of nitrogens with zero attached hydrogens (tertiary/aromatic N) is 1. The first kappa shape index (κ1) is 12.6. The SMILES string of the molecule is CO[C@@H]1[C@H](OC)[C@@H](OC)CN2CCSC[C@H]12. The molecule has 0 aromatic carbocycles. The number of methoxy groups -OCH3 is 3. The van der Waals surface area contributed by atoms with Crippen molar-refractivity contribution in [3.63, 3.8) is 0 Å². The second-order valence-electron chi connectivity index (χ2n) is 4.31. The van der Waals surface area contributed by atoms with E-state index in [-0.39, 0.29) is 18.3 Å². The van der Waals surface area contributed by atoms with Crippen LogP contribution < -0.4 is 0 Å². The van der Waals surface area contributed by atoms with Crippen molar-refractivity contribution in [2.45, 2.75) is 24.4 Å². The molecule has 2 rings (SSSR count). The molecule has 16 heavy (non-hydrogen) atoms. The van der Waals surface area contributed by atoms with Crippen molar-refractivity contribution in [2.24, 2.45) is 0 Å². The Bertz CT molecular complexity index is 223. The fourth-order valence-electron chi connectivity index (χ4n) is 2.74. The molecule has 2 aliphatic heterocycles. The van der Waals surface area contributed by atoms with Gasteiger partial charge in [-0.05, 0) is 0 Å². The summed E-state index contributed by atoms with van der Waals surface area (Å²) in [6, 6.07) is 0.472. The number of thioether (sulfide) groups is 1. The van der Waals surface area contributed by atoms with Crippen LogP contribution in [-0.4, -0.2) is 75.2 Å². The Balaban J connectivity index is 2.13. The maximum atomic E-state index is 5.64. The molecule has 0 amide bonds. The minimum atomic E-state index is 0.0509. The predicted octanol–water partition coefficient (Wildman–Crippen LogP) is 0.462. The molecule has 2 saturated heterocycles. The largest absolute Gasteiger partial charge is 0.377 e. The van der Waals surface area contributed by atoms with E-state index in [9.17, 15) is 0 Å². The number of piperidine rings is 1. The lowest BCUT2D eigenvalue weighted by molar-refractivity contribution is -0.165. The monoisotopic (exact) mass is 247 g/mol. The van der Waals surface area contributed by atoms with Crippen LogP contribution in [0.4, 0.5) is 0 Å². The summed E-state index contributed by atoms with van der Waals surface area (Å²) < 4.78 is 16.7. The molecule has 2 fully saturated rings. The summed E-state index contributed by atoms with van der Waals surface area (Å²) in [5.41, 5.74) is 0. The van der Waals surface area contributed by atoms with Crippen molar-refractivity contribution in [3.8, 4) is 0 Å². The molecule has 4 atom stereocenters. The van der Waals surface area contributed by atoms with Crippen LogP contribution in [0.3, 0.4) is 0 Å². The van der Waals surface area contributed by atoms with Crippen LogP contribution in [0, 0.1) is 0 Å². The van der Waals surface area contributed by atoms with Gasteiger partial charge in [0.05, 0.1) is 6.10 Å². The van der Waals surface area contributed by atoms with Crippen LogP contribution >= 0.6 is 11.8 Å². The average molecular weight is 247 g/mol. The average Bonchev–Trinajstić information content (AvgIpc) is 2.36. The third-order valence-corrected chi connectivity index (χ3v) is 4.66. The third kappa shape index (κ3) is 2.24. The Hall–Kier alpha value is 0.190. The zero-order valence-corrected chi connectivity index (χ0v) is 11.0. The van der Waals surface area contributed by atoms with Gasteiger partial charge in [-0.15, -0.1) is 0 Å². The number of hydrogen-bond acceptors (Lipinski definition) is 5. The van der Waals surface area contributed by atoms with Crippen LogP contribution in [0.15, 0.2) is 0 Å². The third-order valence-electron chi connectivity index (χ3n) is 3.61. The molecule has 5 heteroatoms. The molecule has 0 radical (unpaired) electrons. The molecule has 2 aliphatic rings. The molecule has 2 heterocycles. The molecule has 0 aromatic rings. The maximum Gasteiger partial charge on any atom is 0.112 e. The van der Waals surface area contributed by atoms with Crippen molar-refractivity contribution < 1.29 is 14.2 Å². The Morgan fingerprint density at radius 3 is 2.44 bits per heavy atom. The first-order valence-corrected chi connectivity index (χ1v) is 6.87. The standard InChI is InChI=1S/C11H21NO3S/c1-13-9-6-12-4-5-16-7-8(12)10(14-2)11(9)15-3/h8-11H,4-7H2,1-3H3/t8-,9+,10+,11-/m1/s1. The van der Waals surface area contributed by atoms with Gasteiger partial charge in [-0.2, -0.15) is 11.8 Å². The van der Waals surface area contributed by atoms with Crippen molar-refractivity contribution >= 4 is 11.8 Å². The number of rotatable bonds is 3. The zero-order chi connectivity index (χ0) is 11.5. The number of hydrogen-bond donors (Lipinski definition) is 0. The molecule has 4 nitrogen and oxygen atoms in total. The summed E-state index contributed by atoms with van der Waals surface area (Å²) in [6.45, 7) is 2.09. The Kier molecular flexibility index (Phi) is 4.49. The fourth-order valence-corrected chi connectivity index (χ4v) is 3.91. The molecule has 0 aromatic heterocycles. The van der Waals surface area contributed by atoms with Crippen LogP contribution in [0.5, 0.6) is 0 Å². The number of ether oxygens (including phenoxy) is 3. The summed E-state index contributed by atoms with van der Waals surface area (Å²) in [6.07, 6.45) is 0.292. The lowest BCUT2D eigenvalue weighted by Gasteiger charge is -2.49. The predicted molar refractivity (Wildman–Crippen MR) is 65.1 cm³/mol. The van der Waals surface area contributed by atoms with Crippen molar-refractivity contribution in [3.05, 3.63) is 0 Å². The van der Waals surface area contributed by atoms with Gasteiger partial charge >= 0.3 is 0 Å². The lowest BCUT2D eigenvalue weighted by atomic mass is 9.94. The van der Waals surface area contributed by atoms with Crippen molar-refractivity contribution in [1.29, 1.82) is 0 Å². The van der Waals surface area contributed by atoms with Crippen LogP contribution in [0.2, 0.25) is 0 Å². The summed E-state index contributed by atoms with van der Waals surface area (Å²) in [4.78, 5) is 2.48. The van der Waals surface area contributed by atoms with E-state index in [1.54, 1.807) is 21.3 Å². The molecule has 0 aliphatic carbocycles. The maximum absolute atomic E-state index is 5.64. The summed E-state index contributed by atoms with van der Waals surface area (Å²) in [7, 11) is 5.27. The van der Waals surface area contributed by atoms with E-state index in [0.29, 0.717) is 6.04 Å². The minimum absolute atomic E-state index is 0.0509. The van der Waals surface area contributed by atoms with Gasteiger partial charge in [0.1, 0.15) is 12.2 Å². The molecular formula is C11H21NO3S. The molecule has 0 unspecified atom stereocenters. The van der Waals surface area contributed by atoms with Gasteiger partial charge in [-0.3, -0.25) is 4.90 Å². The highest BCUT2D eigenvalue weighted by Crippen LogP contribution is 2.29. The smallest absolute Gasteiger partial charge is 0.112 e.